The summed E-state index contributed by atoms with van der Waals surface area (Å²) in [6.07, 6.45) is 3.41. The van der Waals surface area contributed by atoms with Gasteiger partial charge >= 0.3 is 0 Å². The number of aryl methyl sites for hydroxylation is 3. The average molecular weight is 404 g/mol. The van der Waals surface area contributed by atoms with Gasteiger partial charge in [-0.3, -0.25) is 15.1 Å². The monoisotopic (exact) mass is 403 g/mol. The minimum Gasteiger partial charge on any atom is -0.298 e. The molecule has 6 nitrogen and oxygen atoms in total. The van der Waals surface area contributed by atoms with E-state index in [4.69, 9.17) is 4.98 Å². The van der Waals surface area contributed by atoms with Crippen molar-refractivity contribution >= 4 is 33.4 Å². The molecule has 3 aromatic heterocycles. The van der Waals surface area contributed by atoms with E-state index in [1.807, 2.05) is 31.2 Å². The minimum absolute atomic E-state index is 0.215. The molecule has 146 valence electrons. The van der Waals surface area contributed by atoms with Crippen LogP contribution in [-0.2, 0) is 12.8 Å². The van der Waals surface area contributed by atoms with Gasteiger partial charge < -0.3 is 0 Å². The lowest BCUT2D eigenvalue weighted by molar-refractivity contribution is 0.102. The predicted molar refractivity (Wildman–Crippen MR) is 116 cm³/mol. The maximum atomic E-state index is 12.8. The lowest BCUT2D eigenvalue weighted by atomic mass is 10.1. The molecular weight excluding hydrogens is 382 g/mol. The van der Waals surface area contributed by atoms with Gasteiger partial charge in [0.2, 0.25) is 0 Å². The van der Waals surface area contributed by atoms with Gasteiger partial charge in [-0.2, -0.15) is 0 Å². The largest absolute Gasteiger partial charge is 0.298 e. The molecule has 4 aromatic rings. The number of nitrogens with one attached hydrogen (secondary N) is 1. The van der Waals surface area contributed by atoms with Gasteiger partial charge in [0.05, 0.1) is 38.7 Å². The zero-order chi connectivity index (χ0) is 20.4. The fourth-order valence-corrected chi connectivity index (χ4v) is 4.13. The number of pyridine rings is 1. The van der Waals surface area contributed by atoms with Crippen molar-refractivity contribution in [3.63, 3.8) is 0 Å². The van der Waals surface area contributed by atoms with E-state index in [0.717, 1.165) is 51.5 Å². The first kappa shape index (κ1) is 19.1. The summed E-state index contributed by atoms with van der Waals surface area (Å²) < 4.78 is 0. The summed E-state index contributed by atoms with van der Waals surface area (Å²) in [4.78, 5) is 32.0. The molecule has 3 heterocycles. The Morgan fingerprint density at radius 1 is 1.00 bits per heavy atom. The van der Waals surface area contributed by atoms with E-state index in [1.54, 1.807) is 18.3 Å². The highest BCUT2D eigenvalue weighted by atomic mass is 32.1. The zero-order valence-corrected chi connectivity index (χ0v) is 17.4. The van der Waals surface area contributed by atoms with Crippen molar-refractivity contribution in [1.82, 2.24) is 19.9 Å². The van der Waals surface area contributed by atoms with Gasteiger partial charge in [-0.15, -0.1) is 0 Å². The van der Waals surface area contributed by atoms with E-state index in [9.17, 15) is 4.79 Å². The van der Waals surface area contributed by atoms with Crippen molar-refractivity contribution in [3.05, 3.63) is 65.2 Å². The summed E-state index contributed by atoms with van der Waals surface area (Å²) in [6, 6.07) is 11.2. The number of hydrogen-bond acceptors (Lipinski definition) is 6. The second-order valence-electron chi connectivity index (χ2n) is 6.63. The highest BCUT2D eigenvalue weighted by molar-refractivity contribution is 7.19. The topological polar surface area (TPSA) is 80.7 Å². The lowest BCUT2D eigenvalue weighted by Crippen LogP contribution is -2.12. The first-order valence-corrected chi connectivity index (χ1v) is 10.4. The molecule has 0 spiro atoms. The van der Waals surface area contributed by atoms with Crippen LogP contribution in [-0.4, -0.2) is 25.8 Å². The molecule has 0 aliphatic heterocycles. The fourth-order valence-electron chi connectivity index (χ4n) is 3.19. The highest BCUT2D eigenvalue weighted by Crippen LogP contribution is 2.31. The summed E-state index contributed by atoms with van der Waals surface area (Å²) in [5, 5.41) is 3.45. The van der Waals surface area contributed by atoms with E-state index >= 15 is 0 Å². The molecule has 29 heavy (non-hydrogen) atoms. The molecule has 1 amide bonds. The second-order valence-corrected chi connectivity index (χ2v) is 7.63. The standard InChI is InChI=1S/C22H21N5OS/c1-4-15-16(5-2)26-19-12-14(9-10-17(19)25-15)21(28)27-22-24-13(3)20(29-22)18-8-6-7-11-23-18/h6-12H,4-5H2,1-3H3,(H,24,27,28). The average Bonchev–Trinajstić information content (AvgIpc) is 3.12. The van der Waals surface area contributed by atoms with Crippen LogP contribution in [0.25, 0.3) is 21.6 Å². The number of anilines is 1. The summed E-state index contributed by atoms with van der Waals surface area (Å²) in [5.74, 6) is -0.215. The Morgan fingerprint density at radius 3 is 2.45 bits per heavy atom. The van der Waals surface area contributed by atoms with Crippen LogP contribution in [0.15, 0.2) is 42.6 Å². The molecular formula is C22H21N5OS. The van der Waals surface area contributed by atoms with Gasteiger partial charge in [-0.05, 0) is 50.1 Å². The number of nitrogens with zero attached hydrogens (tertiary/aromatic N) is 4. The summed E-state index contributed by atoms with van der Waals surface area (Å²) in [6.45, 7) is 6.06. The number of benzene rings is 1. The normalized spacial score (nSPS) is 11.0. The molecule has 0 unspecified atom stereocenters. The van der Waals surface area contributed by atoms with Gasteiger partial charge in [0.25, 0.3) is 5.91 Å². The molecule has 1 N–H and O–H groups in total. The van der Waals surface area contributed by atoms with Crippen molar-refractivity contribution in [1.29, 1.82) is 0 Å². The smallest absolute Gasteiger partial charge is 0.257 e. The van der Waals surface area contributed by atoms with Gasteiger partial charge in [-0.1, -0.05) is 31.3 Å². The van der Waals surface area contributed by atoms with Crippen LogP contribution in [0, 0.1) is 6.92 Å². The Morgan fingerprint density at radius 2 is 1.76 bits per heavy atom. The van der Waals surface area contributed by atoms with E-state index in [1.165, 1.54) is 11.3 Å². The van der Waals surface area contributed by atoms with Crippen molar-refractivity contribution in [2.45, 2.75) is 33.6 Å². The fraction of sp³-hybridized carbons (Fsp3) is 0.227. The minimum atomic E-state index is -0.215. The quantitative estimate of drug-likeness (QED) is 0.516. The van der Waals surface area contributed by atoms with E-state index in [-0.39, 0.29) is 5.91 Å². The summed E-state index contributed by atoms with van der Waals surface area (Å²) >= 11 is 1.42. The van der Waals surface area contributed by atoms with Crippen LogP contribution < -0.4 is 5.32 Å². The van der Waals surface area contributed by atoms with Crippen molar-refractivity contribution in [3.8, 4) is 10.6 Å². The maximum absolute atomic E-state index is 12.8. The third-order valence-electron chi connectivity index (χ3n) is 4.67. The molecule has 0 aliphatic rings. The molecule has 0 aliphatic carbocycles. The van der Waals surface area contributed by atoms with Gasteiger partial charge in [0, 0.05) is 11.8 Å². The second kappa shape index (κ2) is 8.05. The van der Waals surface area contributed by atoms with Crippen LogP contribution in [0.2, 0.25) is 0 Å². The van der Waals surface area contributed by atoms with Crippen molar-refractivity contribution in [2.75, 3.05) is 5.32 Å². The first-order valence-electron chi connectivity index (χ1n) is 9.58. The van der Waals surface area contributed by atoms with E-state index in [2.05, 4.69) is 34.1 Å². The Kier molecular flexibility index (Phi) is 5.31. The maximum Gasteiger partial charge on any atom is 0.257 e. The number of hydrogen-bond donors (Lipinski definition) is 1. The Balaban J connectivity index is 1.61. The number of amides is 1. The Labute approximate surface area is 173 Å². The zero-order valence-electron chi connectivity index (χ0n) is 16.6. The molecule has 0 atom stereocenters. The number of rotatable bonds is 5. The van der Waals surface area contributed by atoms with E-state index < -0.39 is 0 Å². The van der Waals surface area contributed by atoms with Crippen molar-refractivity contribution < 1.29 is 4.79 Å². The predicted octanol–water partition coefficient (Wildman–Crippen LogP) is 4.83. The molecule has 0 fully saturated rings. The van der Waals surface area contributed by atoms with Crippen LogP contribution in [0.5, 0.6) is 0 Å². The highest BCUT2D eigenvalue weighted by Gasteiger charge is 2.15. The number of carbonyl (C=O) groups excluding carboxylic acids is 1. The van der Waals surface area contributed by atoms with Gasteiger partial charge in [0.15, 0.2) is 5.13 Å². The third kappa shape index (κ3) is 3.86. The first-order chi connectivity index (χ1) is 14.1. The van der Waals surface area contributed by atoms with Crippen LogP contribution in [0.3, 0.4) is 0 Å². The molecule has 0 bridgehead atoms. The van der Waals surface area contributed by atoms with Gasteiger partial charge in [-0.25, -0.2) is 15.0 Å². The Hall–Kier alpha value is -3.19. The lowest BCUT2D eigenvalue weighted by Gasteiger charge is -2.08. The van der Waals surface area contributed by atoms with Crippen LogP contribution >= 0.6 is 11.3 Å². The molecule has 0 saturated heterocycles. The van der Waals surface area contributed by atoms with Crippen molar-refractivity contribution in [2.24, 2.45) is 0 Å². The summed E-state index contributed by atoms with van der Waals surface area (Å²) in [7, 11) is 0. The molecule has 4 rings (SSSR count). The number of carbonyl (C=O) groups is 1. The molecule has 1 aromatic carbocycles. The van der Waals surface area contributed by atoms with Crippen LogP contribution in [0.1, 0.15) is 41.3 Å². The molecule has 0 saturated carbocycles. The number of fused-ring (bicyclic) bond motifs is 1. The molecule has 0 radical (unpaired) electrons. The van der Waals surface area contributed by atoms with E-state index in [0.29, 0.717) is 10.7 Å². The number of aromatic nitrogens is 4. The number of thiazole rings is 1. The summed E-state index contributed by atoms with van der Waals surface area (Å²) in [5.41, 5.74) is 5.75. The van der Waals surface area contributed by atoms with Gasteiger partial charge in [0.1, 0.15) is 0 Å². The van der Waals surface area contributed by atoms with Crippen LogP contribution in [0.4, 0.5) is 5.13 Å². The molecule has 7 heteroatoms. The SMILES string of the molecule is CCc1nc2ccc(C(=O)Nc3nc(C)c(-c4ccccn4)s3)cc2nc1CC. The Bertz CT molecular complexity index is 1190. The third-order valence-corrected chi connectivity index (χ3v) is 5.76.